The summed E-state index contributed by atoms with van der Waals surface area (Å²) in [5, 5.41) is 6.07. The fraction of sp³-hybridized carbons (Fsp3) is 0.222. The molecule has 0 aliphatic carbocycles. The van der Waals surface area contributed by atoms with Crippen LogP contribution in [0, 0.1) is 20.8 Å². The van der Waals surface area contributed by atoms with E-state index in [1.165, 1.54) is 0 Å². The molecule has 0 aliphatic heterocycles. The van der Waals surface area contributed by atoms with Gasteiger partial charge in [0.25, 0.3) is 5.91 Å². The van der Waals surface area contributed by atoms with Crippen LogP contribution in [0.2, 0.25) is 0 Å². The van der Waals surface area contributed by atoms with Crippen molar-refractivity contribution in [1.82, 2.24) is 14.9 Å². The van der Waals surface area contributed by atoms with Crippen LogP contribution in [-0.2, 0) is 11.3 Å². The lowest BCUT2D eigenvalue weighted by Crippen LogP contribution is -2.30. The van der Waals surface area contributed by atoms with Crippen molar-refractivity contribution in [3.63, 3.8) is 0 Å². The van der Waals surface area contributed by atoms with Crippen LogP contribution >= 0.6 is 0 Å². The van der Waals surface area contributed by atoms with Gasteiger partial charge in [-0.25, -0.2) is 4.98 Å². The van der Waals surface area contributed by atoms with E-state index in [1.807, 2.05) is 86.9 Å². The van der Waals surface area contributed by atoms with E-state index in [1.54, 1.807) is 12.1 Å². The molecule has 33 heavy (non-hydrogen) atoms. The Morgan fingerprint density at radius 3 is 2.27 bits per heavy atom. The van der Waals surface area contributed by atoms with E-state index in [-0.39, 0.29) is 24.4 Å². The summed E-state index contributed by atoms with van der Waals surface area (Å²) in [5.74, 6) is 0.309. The van der Waals surface area contributed by atoms with Crippen LogP contribution in [0.3, 0.4) is 0 Å². The zero-order valence-corrected chi connectivity index (χ0v) is 19.3. The first-order valence-electron chi connectivity index (χ1n) is 11.0. The second-order valence-corrected chi connectivity index (χ2v) is 8.42. The van der Waals surface area contributed by atoms with E-state index in [0.717, 1.165) is 33.4 Å². The summed E-state index contributed by atoms with van der Waals surface area (Å²) in [4.78, 5) is 30.5. The van der Waals surface area contributed by atoms with Crippen molar-refractivity contribution in [2.24, 2.45) is 0 Å². The minimum absolute atomic E-state index is 0.0916. The molecule has 0 aliphatic rings. The van der Waals surface area contributed by atoms with Crippen LogP contribution in [0.25, 0.3) is 11.0 Å². The molecule has 168 valence electrons. The summed E-state index contributed by atoms with van der Waals surface area (Å²) in [6, 6.07) is 20.6. The highest BCUT2D eigenvalue weighted by molar-refractivity contribution is 5.95. The minimum Gasteiger partial charge on any atom is -0.342 e. The minimum atomic E-state index is -0.390. The Morgan fingerprint density at radius 2 is 1.58 bits per heavy atom. The van der Waals surface area contributed by atoms with Crippen molar-refractivity contribution in [3.8, 4) is 0 Å². The van der Waals surface area contributed by atoms with Gasteiger partial charge in [-0.1, -0.05) is 48.0 Å². The van der Waals surface area contributed by atoms with Crippen LogP contribution in [-0.4, -0.2) is 21.4 Å². The predicted molar refractivity (Wildman–Crippen MR) is 131 cm³/mol. The molecule has 1 unspecified atom stereocenters. The molecule has 4 aromatic rings. The van der Waals surface area contributed by atoms with Crippen LogP contribution in [0.15, 0.2) is 66.7 Å². The van der Waals surface area contributed by atoms with Gasteiger partial charge in [0, 0.05) is 11.3 Å². The molecule has 0 saturated carbocycles. The van der Waals surface area contributed by atoms with Crippen molar-refractivity contribution in [2.75, 3.05) is 5.32 Å². The number of imidazole rings is 1. The maximum Gasteiger partial charge on any atom is 0.251 e. The van der Waals surface area contributed by atoms with E-state index < -0.39 is 0 Å². The van der Waals surface area contributed by atoms with Gasteiger partial charge < -0.3 is 15.2 Å². The average Bonchev–Trinajstić information content (AvgIpc) is 3.15. The van der Waals surface area contributed by atoms with Gasteiger partial charge in [0.15, 0.2) is 0 Å². The molecule has 0 bridgehead atoms. The number of hydrogen-bond acceptors (Lipinski definition) is 3. The van der Waals surface area contributed by atoms with Crippen molar-refractivity contribution >= 4 is 28.5 Å². The van der Waals surface area contributed by atoms with Gasteiger partial charge in [0.05, 0.1) is 17.1 Å². The van der Waals surface area contributed by atoms with Gasteiger partial charge in [-0.3, -0.25) is 9.59 Å². The molecule has 0 spiro atoms. The smallest absolute Gasteiger partial charge is 0.251 e. The zero-order chi connectivity index (χ0) is 23.5. The van der Waals surface area contributed by atoms with Crippen LogP contribution in [0.4, 0.5) is 5.69 Å². The van der Waals surface area contributed by atoms with Gasteiger partial charge >= 0.3 is 0 Å². The summed E-state index contributed by atoms with van der Waals surface area (Å²) in [5.41, 5.74) is 6.16. The van der Waals surface area contributed by atoms with Crippen molar-refractivity contribution in [2.45, 2.75) is 40.3 Å². The van der Waals surface area contributed by atoms with Crippen molar-refractivity contribution in [1.29, 1.82) is 0 Å². The molecule has 0 saturated heterocycles. The number of aromatic nitrogens is 2. The van der Waals surface area contributed by atoms with Gasteiger partial charge in [0.2, 0.25) is 5.91 Å². The first kappa shape index (κ1) is 22.3. The molecular formula is C27H28N4O2. The highest BCUT2D eigenvalue weighted by atomic mass is 16.2. The molecule has 3 aromatic carbocycles. The molecule has 0 fully saturated rings. The van der Waals surface area contributed by atoms with Gasteiger partial charge in [-0.05, 0) is 63.1 Å². The topological polar surface area (TPSA) is 76.0 Å². The van der Waals surface area contributed by atoms with E-state index in [0.29, 0.717) is 11.4 Å². The normalized spacial score (nSPS) is 11.9. The fourth-order valence-electron chi connectivity index (χ4n) is 3.97. The second kappa shape index (κ2) is 9.28. The SMILES string of the molecule is Cc1ccc(C(=O)NC(C)c2nc3ccccc3n2CC(=O)Nc2c(C)cccc2C)cc1. The molecule has 6 nitrogen and oxygen atoms in total. The molecule has 1 aromatic heterocycles. The summed E-state index contributed by atoms with van der Waals surface area (Å²) < 4.78 is 1.87. The molecule has 2 N–H and O–H groups in total. The third-order valence-corrected chi connectivity index (χ3v) is 5.78. The second-order valence-electron chi connectivity index (χ2n) is 8.42. The van der Waals surface area contributed by atoms with E-state index >= 15 is 0 Å². The third-order valence-electron chi connectivity index (χ3n) is 5.78. The number of para-hydroxylation sites is 3. The van der Waals surface area contributed by atoms with Crippen molar-refractivity contribution in [3.05, 3.63) is 94.8 Å². The number of carbonyl (C=O) groups excluding carboxylic acids is 2. The third kappa shape index (κ3) is 4.80. The number of anilines is 1. The van der Waals surface area contributed by atoms with E-state index in [4.69, 9.17) is 4.98 Å². The summed E-state index contributed by atoms with van der Waals surface area (Å²) in [6.07, 6.45) is 0. The highest BCUT2D eigenvalue weighted by Crippen LogP contribution is 2.23. The average molecular weight is 441 g/mol. The largest absolute Gasteiger partial charge is 0.342 e. The molecule has 2 amide bonds. The number of nitrogens with zero attached hydrogens (tertiary/aromatic N) is 2. The Balaban J connectivity index is 1.60. The molecule has 4 rings (SSSR count). The van der Waals surface area contributed by atoms with Gasteiger partial charge in [-0.2, -0.15) is 0 Å². The Hall–Kier alpha value is -3.93. The first-order valence-corrected chi connectivity index (χ1v) is 11.0. The number of fused-ring (bicyclic) bond motifs is 1. The molecule has 0 radical (unpaired) electrons. The number of amides is 2. The van der Waals surface area contributed by atoms with Crippen LogP contribution < -0.4 is 10.6 Å². The van der Waals surface area contributed by atoms with E-state index in [2.05, 4.69) is 10.6 Å². The lowest BCUT2D eigenvalue weighted by atomic mass is 10.1. The lowest BCUT2D eigenvalue weighted by molar-refractivity contribution is -0.116. The molecular weight excluding hydrogens is 412 g/mol. The predicted octanol–water partition coefficient (Wildman–Crippen LogP) is 5.09. The number of rotatable bonds is 6. The molecule has 1 heterocycles. The van der Waals surface area contributed by atoms with Crippen LogP contribution in [0.1, 0.15) is 45.8 Å². The first-order chi connectivity index (χ1) is 15.8. The van der Waals surface area contributed by atoms with E-state index in [9.17, 15) is 9.59 Å². The monoisotopic (exact) mass is 440 g/mol. The highest BCUT2D eigenvalue weighted by Gasteiger charge is 2.21. The maximum absolute atomic E-state index is 13.0. The fourth-order valence-corrected chi connectivity index (χ4v) is 3.97. The molecule has 6 heteroatoms. The Kier molecular flexibility index (Phi) is 6.27. The number of hydrogen-bond donors (Lipinski definition) is 2. The van der Waals surface area contributed by atoms with Gasteiger partial charge in [-0.15, -0.1) is 0 Å². The summed E-state index contributed by atoms with van der Waals surface area (Å²) in [7, 11) is 0. The standard InChI is InChI=1S/C27H28N4O2/c1-17-12-14-21(15-13-17)27(33)28-20(4)26-29-22-10-5-6-11-23(22)31(26)16-24(32)30-25-18(2)8-7-9-19(25)3/h5-15,20H,16H2,1-4H3,(H,28,33)(H,30,32). The Bertz CT molecular complexity index is 1300. The Morgan fingerprint density at radius 1 is 0.909 bits per heavy atom. The molecule has 1 atom stereocenters. The van der Waals surface area contributed by atoms with Crippen LogP contribution in [0.5, 0.6) is 0 Å². The Labute approximate surface area is 193 Å². The number of carbonyl (C=O) groups is 2. The number of benzene rings is 3. The van der Waals surface area contributed by atoms with Crippen molar-refractivity contribution < 1.29 is 9.59 Å². The quantitative estimate of drug-likeness (QED) is 0.438. The zero-order valence-electron chi connectivity index (χ0n) is 19.3. The number of nitrogens with one attached hydrogen (secondary N) is 2. The summed E-state index contributed by atoms with van der Waals surface area (Å²) in [6.45, 7) is 7.91. The number of aryl methyl sites for hydroxylation is 3. The lowest BCUT2D eigenvalue weighted by Gasteiger charge is -2.17. The maximum atomic E-state index is 13.0. The van der Waals surface area contributed by atoms with Gasteiger partial charge in [0.1, 0.15) is 12.4 Å². The summed E-state index contributed by atoms with van der Waals surface area (Å²) >= 11 is 0.